The Balaban J connectivity index is 2.39. The van der Waals surface area contributed by atoms with E-state index >= 15 is 0 Å². The average molecular weight is 458 g/mol. The number of hydrogen-bond donors (Lipinski definition) is 3. The van der Waals surface area contributed by atoms with E-state index in [0.717, 1.165) is 6.07 Å². The second-order valence-electron chi connectivity index (χ2n) is 7.90. The molecule has 0 aliphatic heterocycles. The maximum absolute atomic E-state index is 14.3. The molecule has 172 valence electrons. The van der Waals surface area contributed by atoms with Crippen LogP contribution in [0.3, 0.4) is 0 Å². The van der Waals surface area contributed by atoms with E-state index in [1.807, 2.05) is 20.8 Å². The van der Waals surface area contributed by atoms with Gasteiger partial charge in [0.2, 0.25) is 16.0 Å². The van der Waals surface area contributed by atoms with Crippen molar-refractivity contribution in [3.63, 3.8) is 0 Å². The van der Waals surface area contributed by atoms with Gasteiger partial charge in [0.1, 0.15) is 11.6 Å². The molecule has 31 heavy (non-hydrogen) atoms. The quantitative estimate of drug-likeness (QED) is 0.472. The molecule has 1 heterocycles. The minimum Gasteiger partial charge on any atom is -0.394 e. The molecule has 8 nitrogen and oxygen atoms in total. The number of nitrogens with two attached hydrogens (primary N) is 1. The third-order valence-electron chi connectivity index (χ3n) is 4.71. The number of halogens is 2. The van der Waals surface area contributed by atoms with Crippen molar-refractivity contribution in [2.75, 3.05) is 11.9 Å². The fourth-order valence-electron chi connectivity index (χ4n) is 3.33. The molecule has 11 heteroatoms. The molecular formula is C20H29F2N5O3S. The lowest BCUT2D eigenvalue weighted by Gasteiger charge is -2.20. The van der Waals surface area contributed by atoms with Crippen molar-refractivity contribution in [2.45, 2.75) is 57.7 Å². The number of anilines is 1. The first-order chi connectivity index (χ1) is 14.5. The molecule has 1 aromatic heterocycles. The van der Waals surface area contributed by atoms with Crippen LogP contribution in [0.5, 0.6) is 0 Å². The van der Waals surface area contributed by atoms with Gasteiger partial charge in [0.05, 0.1) is 12.6 Å². The zero-order valence-corrected chi connectivity index (χ0v) is 18.7. The minimum atomic E-state index is -3.90. The van der Waals surface area contributed by atoms with Crippen molar-refractivity contribution in [3.8, 4) is 0 Å². The van der Waals surface area contributed by atoms with Gasteiger partial charge in [-0.05, 0) is 36.3 Å². The summed E-state index contributed by atoms with van der Waals surface area (Å²) in [6.07, 6.45) is 1.25. The van der Waals surface area contributed by atoms with Gasteiger partial charge in [-0.3, -0.25) is 0 Å². The van der Waals surface area contributed by atoms with Crippen molar-refractivity contribution in [1.82, 2.24) is 15.0 Å². The maximum atomic E-state index is 14.3. The summed E-state index contributed by atoms with van der Waals surface area (Å²) in [5.41, 5.74) is 0.193. The van der Waals surface area contributed by atoms with Crippen LogP contribution in [0.25, 0.3) is 0 Å². The molecular weight excluding hydrogens is 428 g/mol. The van der Waals surface area contributed by atoms with Crippen LogP contribution >= 0.6 is 0 Å². The normalized spacial score (nSPS) is 13.9. The highest BCUT2D eigenvalue weighted by atomic mass is 32.2. The number of aliphatic hydroxyl groups excluding tert-OH is 1. The molecule has 0 saturated carbocycles. The van der Waals surface area contributed by atoms with E-state index in [-0.39, 0.29) is 48.1 Å². The van der Waals surface area contributed by atoms with E-state index in [9.17, 15) is 22.3 Å². The van der Waals surface area contributed by atoms with Crippen molar-refractivity contribution in [1.29, 1.82) is 0 Å². The number of nitrogens with one attached hydrogen (secondary N) is 1. The van der Waals surface area contributed by atoms with Gasteiger partial charge in [-0.15, -0.1) is 0 Å². The fourth-order valence-corrected chi connectivity index (χ4v) is 3.82. The fraction of sp³-hybridized carbons (Fsp3) is 0.550. The lowest BCUT2D eigenvalue weighted by molar-refractivity contribution is 0.259. The van der Waals surface area contributed by atoms with Crippen molar-refractivity contribution >= 4 is 16.0 Å². The van der Waals surface area contributed by atoms with Gasteiger partial charge in [-0.2, -0.15) is 9.97 Å². The van der Waals surface area contributed by atoms with Gasteiger partial charge in [-0.1, -0.05) is 32.9 Å². The lowest BCUT2D eigenvalue weighted by Crippen LogP contribution is -2.28. The van der Waals surface area contributed by atoms with Crippen molar-refractivity contribution in [3.05, 3.63) is 47.0 Å². The predicted molar refractivity (Wildman–Crippen MR) is 114 cm³/mol. The SMILES string of the molecule is CC[C@@H](Cc1nc(CS(N)(=O)=O)nc(N[C@@H](CO)CC(C)C)n1)c1cccc(F)c1F. The predicted octanol–water partition coefficient (Wildman–Crippen LogP) is 2.49. The average Bonchev–Trinajstić information content (AvgIpc) is 2.66. The lowest BCUT2D eigenvalue weighted by atomic mass is 9.92. The summed E-state index contributed by atoms with van der Waals surface area (Å²) in [5.74, 6) is -2.37. The molecule has 0 aliphatic carbocycles. The molecule has 0 radical (unpaired) electrons. The van der Waals surface area contributed by atoms with E-state index in [2.05, 4.69) is 20.3 Å². The number of nitrogens with zero attached hydrogens (tertiary/aromatic N) is 3. The van der Waals surface area contributed by atoms with Crippen molar-refractivity contribution in [2.24, 2.45) is 11.1 Å². The van der Waals surface area contributed by atoms with Crippen LogP contribution < -0.4 is 10.5 Å². The summed E-state index contributed by atoms with van der Waals surface area (Å²) < 4.78 is 51.1. The Labute approximate surface area is 181 Å². The summed E-state index contributed by atoms with van der Waals surface area (Å²) >= 11 is 0. The topological polar surface area (TPSA) is 131 Å². The van der Waals surface area contributed by atoms with Crippen LogP contribution in [0.4, 0.5) is 14.7 Å². The molecule has 1 aromatic carbocycles. The largest absolute Gasteiger partial charge is 0.394 e. The van der Waals surface area contributed by atoms with Crippen LogP contribution in [0.2, 0.25) is 0 Å². The van der Waals surface area contributed by atoms with Gasteiger partial charge in [0.25, 0.3) is 0 Å². The number of aliphatic hydroxyl groups is 1. The second-order valence-corrected chi connectivity index (χ2v) is 9.52. The molecule has 2 rings (SSSR count). The summed E-state index contributed by atoms with van der Waals surface area (Å²) in [6, 6.07) is 3.63. The highest BCUT2D eigenvalue weighted by Crippen LogP contribution is 2.27. The Morgan fingerprint density at radius 1 is 1.16 bits per heavy atom. The Bertz CT molecular complexity index is 989. The zero-order chi connectivity index (χ0) is 23.2. The van der Waals surface area contributed by atoms with Crippen LogP contribution in [0, 0.1) is 17.6 Å². The molecule has 0 unspecified atom stereocenters. The minimum absolute atomic E-state index is 0.0641. The third-order valence-corrected chi connectivity index (χ3v) is 5.37. The number of hydrogen-bond acceptors (Lipinski definition) is 7. The molecule has 0 aliphatic rings. The van der Waals surface area contributed by atoms with E-state index in [0.29, 0.717) is 12.8 Å². The molecule has 0 spiro atoms. The van der Waals surface area contributed by atoms with E-state index in [1.54, 1.807) is 0 Å². The van der Waals surface area contributed by atoms with Gasteiger partial charge >= 0.3 is 0 Å². The van der Waals surface area contributed by atoms with Crippen LogP contribution in [-0.4, -0.2) is 41.1 Å². The van der Waals surface area contributed by atoms with Gasteiger partial charge in [0, 0.05) is 6.42 Å². The molecule has 4 N–H and O–H groups in total. The molecule has 0 bridgehead atoms. The summed E-state index contributed by atoms with van der Waals surface area (Å²) in [4.78, 5) is 12.6. The molecule has 0 saturated heterocycles. The Morgan fingerprint density at radius 2 is 1.84 bits per heavy atom. The highest BCUT2D eigenvalue weighted by molar-refractivity contribution is 7.88. The monoisotopic (exact) mass is 457 g/mol. The number of primary sulfonamides is 1. The van der Waals surface area contributed by atoms with Gasteiger partial charge in [-0.25, -0.2) is 27.3 Å². The summed E-state index contributed by atoms with van der Waals surface area (Å²) in [7, 11) is -3.90. The van der Waals surface area contributed by atoms with E-state index < -0.39 is 33.3 Å². The third kappa shape index (κ3) is 7.75. The van der Waals surface area contributed by atoms with Crippen LogP contribution in [0.1, 0.15) is 56.7 Å². The first-order valence-corrected chi connectivity index (χ1v) is 11.8. The van der Waals surface area contributed by atoms with Gasteiger partial charge < -0.3 is 10.4 Å². The second kappa shape index (κ2) is 10.9. The van der Waals surface area contributed by atoms with E-state index in [4.69, 9.17) is 5.14 Å². The molecule has 2 atom stereocenters. The van der Waals surface area contributed by atoms with E-state index in [1.165, 1.54) is 12.1 Å². The highest BCUT2D eigenvalue weighted by Gasteiger charge is 2.21. The Hall–Kier alpha value is -2.24. The zero-order valence-electron chi connectivity index (χ0n) is 17.8. The van der Waals surface area contributed by atoms with Crippen LogP contribution in [-0.2, 0) is 22.2 Å². The van der Waals surface area contributed by atoms with Crippen molar-refractivity contribution < 1.29 is 22.3 Å². The number of aromatic nitrogens is 3. The maximum Gasteiger partial charge on any atom is 0.226 e. The number of sulfonamides is 1. The first kappa shape index (κ1) is 25.0. The molecule has 2 aromatic rings. The smallest absolute Gasteiger partial charge is 0.226 e. The van der Waals surface area contributed by atoms with Crippen LogP contribution in [0.15, 0.2) is 18.2 Å². The summed E-state index contributed by atoms with van der Waals surface area (Å²) in [5, 5.41) is 17.8. The Morgan fingerprint density at radius 3 is 2.42 bits per heavy atom. The summed E-state index contributed by atoms with van der Waals surface area (Å²) in [6.45, 7) is 5.64. The number of benzene rings is 1. The molecule has 0 fully saturated rings. The van der Waals surface area contributed by atoms with Gasteiger partial charge in [0.15, 0.2) is 17.5 Å². The first-order valence-electron chi connectivity index (χ1n) is 10.1. The Kier molecular flexibility index (Phi) is 8.78. The molecule has 0 amide bonds. The number of rotatable bonds is 11. The standard InChI is InChI=1S/C20H29F2N5O3S/c1-4-13(15-6-5-7-16(21)19(15)22)9-17-25-18(11-31(23,29)30)27-20(26-17)24-14(10-28)8-12(2)3/h5-7,12-14,28H,4,8-11H2,1-3H3,(H2,23,29,30)(H,24,25,26,27)/t13-,14+/m0/s1.